The van der Waals surface area contributed by atoms with Gasteiger partial charge in [0.2, 0.25) is 0 Å². The number of aliphatic hydroxyl groups excluding tert-OH is 2. The predicted octanol–water partition coefficient (Wildman–Crippen LogP) is 7.41. The highest BCUT2D eigenvalue weighted by Gasteiger charge is 2.72. The van der Waals surface area contributed by atoms with Gasteiger partial charge in [0.05, 0.1) is 24.9 Å². The van der Waals surface area contributed by atoms with Crippen molar-refractivity contribution in [2.45, 2.75) is 145 Å². The fraction of sp³-hybridized carbons (Fsp3) is 0.800. The Kier molecular flexibility index (Phi) is 8.37. The first-order valence-electron chi connectivity index (χ1n) is 18.2. The van der Waals surface area contributed by atoms with Gasteiger partial charge in [-0.2, -0.15) is 0 Å². The van der Waals surface area contributed by atoms with Gasteiger partial charge in [0.25, 0.3) is 0 Å². The molecular weight excluding hydrogens is 592 g/mol. The fourth-order valence-corrected chi connectivity index (χ4v) is 12.3. The maximum absolute atomic E-state index is 13.5. The number of esters is 1. The molecule has 1 heterocycles. The van der Waals surface area contributed by atoms with Crippen LogP contribution in [-0.2, 0) is 19.1 Å². The zero-order valence-electron chi connectivity index (χ0n) is 30.3. The van der Waals surface area contributed by atoms with Crippen LogP contribution < -0.4 is 0 Å². The Balaban J connectivity index is 1.32. The summed E-state index contributed by atoms with van der Waals surface area (Å²) >= 11 is 0. The lowest BCUT2D eigenvalue weighted by Gasteiger charge is -2.71. The third-order valence-electron chi connectivity index (χ3n) is 15.6. The zero-order chi connectivity index (χ0) is 34.5. The molecule has 0 aromatic heterocycles. The summed E-state index contributed by atoms with van der Waals surface area (Å²) in [5, 5.41) is 34.3. The van der Waals surface area contributed by atoms with E-state index in [1.165, 1.54) is 11.1 Å². The van der Waals surface area contributed by atoms with Crippen molar-refractivity contribution in [3.8, 4) is 0 Å². The molecule has 0 spiro atoms. The van der Waals surface area contributed by atoms with E-state index in [9.17, 15) is 24.9 Å². The molecule has 7 nitrogen and oxygen atoms in total. The molecule has 1 aliphatic heterocycles. The van der Waals surface area contributed by atoms with Gasteiger partial charge in [-0.3, -0.25) is 4.79 Å². The monoisotopic (exact) mass is 652 g/mol. The molecule has 47 heavy (non-hydrogen) atoms. The Morgan fingerprint density at radius 3 is 2.30 bits per heavy atom. The summed E-state index contributed by atoms with van der Waals surface area (Å²) < 4.78 is 12.0. The molecule has 0 aromatic rings. The first kappa shape index (κ1) is 34.9. The van der Waals surface area contributed by atoms with Gasteiger partial charge in [-0.1, -0.05) is 66.2 Å². The van der Waals surface area contributed by atoms with E-state index in [4.69, 9.17) is 9.47 Å². The van der Waals surface area contributed by atoms with Crippen molar-refractivity contribution < 1.29 is 34.4 Å². The molecule has 0 aromatic carbocycles. The predicted molar refractivity (Wildman–Crippen MR) is 181 cm³/mol. The Morgan fingerprint density at radius 1 is 0.957 bits per heavy atom. The third-order valence-corrected chi connectivity index (χ3v) is 15.6. The first-order chi connectivity index (χ1) is 21.8. The van der Waals surface area contributed by atoms with Gasteiger partial charge >= 0.3 is 11.9 Å². The summed E-state index contributed by atoms with van der Waals surface area (Å²) in [6, 6.07) is 0. The minimum atomic E-state index is -1.43. The average molecular weight is 653 g/mol. The van der Waals surface area contributed by atoms with Gasteiger partial charge in [0, 0.05) is 23.8 Å². The Bertz CT molecular complexity index is 1400. The maximum Gasteiger partial charge on any atom is 0.333 e. The molecule has 5 aliphatic carbocycles. The molecule has 5 fully saturated rings. The van der Waals surface area contributed by atoms with Crippen LogP contribution in [0.1, 0.15) is 120 Å². The number of fused-ring (bicyclic) bond motifs is 7. The minimum absolute atomic E-state index is 0.0570. The second kappa shape index (κ2) is 11.3. The molecule has 4 saturated carbocycles. The summed E-state index contributed by atoms with van der Waals surface area (Å²) in [5.74, 6) is -1.01. The number of hydrogen-bond donors (Lipinski definition) is 3. The largest absolute Gasteiger partial charge is 0.481 e. The van der Waals surface area contributed by atoms with Gasteiger partial charge in [-0.25, -0.2) is 4.79 Å². The number of aliphatic hydroxyl groups is 2. The molecule has 7 heteroatoms. The van der Waals surface area contributed by atoms with Crippen molar-refractivity contribution in [3.63, 3.8) is 0 Å². The normalized spacial score (nSPS) is 48.0. The lowest BCUT2D eigenvalue weighted by Crippen LogP contribution is -2.68. The summed E-state index contributed by atoms with van der Waals surface area (Å²) in [6.45, 7) is 20.1. The van der Waals surface area contributed by atoms with Crippen LogP contribution in [0.3, 0.4) is 0 Å². The van der Waals surface area contributed by atoms with Gasteiger partial charge in [-0.05, 0) is 110 Å². The van der Waals surface area contributed by atoms with Crippen LogP contribution >= 0.6 is 0 Å². The van der Waals surface area contributed by atoms with E-state index in [0.717, 1.165) is 38.5 Å². The second-order valence-electron chi connectivity index (χ2n) is 18.4. The molecular formula is C40H60O7. The molecule has 1 unspecified atom stereocenters. The quantitative estimate of drug-likeness (QED) is 0.165. The number of hydrogen-bond acceptors (Lipinski definition) is 6. The van der Waals surface area contributed by atoms with Gasteiger partial charge < -0.3 is 24.8 Å². The number of ether oxygens (including phenoxy) is 2. The lowest BCUT2D eigenvalue weighted by atomic mass is 9.33. The van der Waals surface area contributed by atoms with E-state index in [1.54, 1.807) is 6.92 Å². The molecule has 1 saturated heterocycles. The maximum atomic E-state index is 13.5. The number of rotatable bonds is 4. The van der Waals surface area contributed by atoms with Crippen molar-refractivity contribution in [2.24, 2.45) is 50.2 Å². The van der Waals surface area contributed by atoms with Gasteiger partial charge in [-0.15, -0.1) is 0 Å². The molecule has 0 radical (unpaired) electrons. The van der Waals surface area contributed by atoms with Crippen LogP contribution in [0, 0.1) is 50.2 Å². The number of aliphatic carboxylic acids is 1. The van der Waals surface area contributed by atoms with E-state index in [-0.39, 0.29) is 46.2 Å². The van der Waals surface area contributed by atoms with E-state index < -0.39 is 35.0 Å². The summed E-state index contributed by atoms with van der Waals surface area (Å²) in [4.78, 5) is 26.9. The van der Waals surface area contributed by atoms with Crippen LogP contribution in [-0.4, -0.2) is 58.3 Å². The Morgan fingerprint density at radius 2 is 1.66 bits per heavy atom. The van der Waals surface area contributed by atoms with E-state index in [1.807, 2.05) is 19.1 Å². The lowest BCUT2D eigenvalue weighted by molar-refractivity contribution is -0.227. The Hall–Kier alpha value is -1.96. The van der Waals surface area contributed by atoms with Crippen LogP contribution in [0.5, 0.6) is 0 Å². The van der Waals surface area contributed by atoms with Gasteiger partial charge in [0.15, 0.2) is 0 Å². The van der Waals surface area contributed by atoms with Crippen LogP contribution in [0.15, 0.2) is 34.9 Å². The highest BCUT2D eigenvalue weighted by molar-refractivity contribution is 5.88. The number of carboxylic acids is 1. The zero-order valence-corrected chi connectivity index (χ0v) is 30.3. The molecule has 3 N–H and O–H groups in total. The third kappa shape index (κ3) is 4.90. The highest BCUT2D eigenvalue weighted by Crippen LogP contribution is 2.75. The van der Waals surface area contributed by atoms with Crippen LogP contribution in [0.2, 0.25) is 0 Å². The number of carboxylic acid groups (broad SMARTS) is 1. The second-order valence-corrected chi connectivity index (χ2v) is 18.4. The SMILES string of the molecule is C/C=C1/COC(/C=C(\C)C(=O)O[C@H]2C[C@]3(C(=O)O)[C@H](O)C[C@]4(C)C(=CC[C@@H]5[C@@]6(C)CC[C@H](O)C(C)(C)[C@@H]6CC[C@]54C)[C@@H]3CC2(C)C)C1. The smallest absolute Gasteiger partial charge is 0.333 e. The standard InChI is InChI=1S/C40H60O7/c1-10-24-18-25(46-22-24)17-23(2)33(43)47-32-21-40(34(44)45)27(19-35(32,3)4)26-11-12-29-37(7)15-14-30(41)36(5,6)28(37)13-16-38(29,8)39(26,9)20-31(40)42/h10-11,17,25,27-32,41-42H,12-16,18-22H2,1-9H3,(H,44,45)/b23-17+,24-10+/t25?,27-,28-,29+,30-,31+,32-,37-,38+,39+,40+/m0/s1. The van der Waals surface area contributed by atoms with E-state index >= 15 is 0 Å². The molecule has 11 atom stereocenters. The van der Waals surface area contributed by atoms with Crippen molar-refractivity contribution in [1.29, 1.82) is 0 Å². The Labute approximate surface area is 282 Å². The van der Waals surface area contributed by atoms with Crippen LogP contribution in [0.25, 0.3) is 0 Å². The van der Waals surface area contributed by atoms with E-state index in [0.29, 0.717) is 36.9 Å². The van der Waals surface area contributed by atoms with Gasteiger partial charge in [0.1, 0.15) is 11.5 Å². The first-order valence-corrected chi connectivity index (χ1v) is 18.2. The minimum Gasteiger partial charge on any atom is -0.481 e. The molecule has 0 amide bonds. The molecule has 6 rings (SSSR count). The average Bonchev–Trinajstić information content (AvgIpc) is 3.43. The highest BCUT2D eigenvalue weighted by atomic mass is 16.5. The molecule has 6 aliphatic rings. The topological polar surface area (TPSA) is 113 Å². The van der Waals surface area contributed by atoms with Crippen molar-refractivity contribution in [3.05, 3.63) is 34.9 Å². The summed E-state index contributed by atoms with van der Waals surface area (Å²) in [6.07, 6.45) is 10.5. The summed E-state index contributed by atoms with van der Waals surface area (Å²) in [7, 11) is 0. The van der Waals surface area contributed by atoms with Crippen molar-refractivity contribution in [2.75, 3.05) is 6.61 Å². The number of carbonyl (C=O) groups excluding carboxylic acids is 1. The number of allylic oxidation sites excluding steroid dienone is 3. The number of carbonyl (C=O) groups is 2. The summed E-state index contributed by atoms with van der Waals surface area (Å²) in [5.41, 5.74) is 0.366. The molecule has 0 bridgehead atoms. The fourth-order valence-electron chi connectivity index (χ4n) is 12.3. The van der Waals surface area contributed by atoms with Crippen molar-refractivity contribution in [1.82, 2.24) is 0 Å². The molecule has 262 valence electrons. The van der Waals surface area contributed by atoms with Crippen LogP contribution in [0.4, 0.5) is 0 Å². The van der Waals surface area contributed by atoms with Crippen molar-refractivity contribution >= 4 is 11.9 Å². The van der Waals surface area contributed by atoms with E-state index in [2.05, 4.69) is 54.5 Å².